The lowest BCUT2D eigenvalue weighted by Crippen LogP contribution is -2.25. The van der Waals surface area contributed by atoms with Crippen LogP contribution in [0, 0.1) is 5.82 Å². The molecule has 3 aromatic rings. The van der Waals surface area contributed by atoms with Crippen molar-refractivity contribution in [3.05, 3.63) is 75.0 Å². The second-order valence-electron chi connectivity index (χ2n) is 5.29. The Hall–Kier alpha value is -1.95. The third-order valence-electron chi connectivity index (χ3n) is 3.50. The van der Waals surface area contributed by atoms with Crippen LogP contribution in [0.1, 0.15) is 11.3 Å². The van der Waals surface area contributed by atoms with Gasteiger partial charge in [0.25, 0.3) is 0 Å². The highest BCUT2D eigenvalue weighted by Crippen LogP contribution is 2.36. The lowest BCUT2D eigenvalue weighted by Gasteiger charge is -2.05. The summed E-state index contributed by atoms with van der Waals surface area (Å²) < 4.78 is 13.5. The van der Waals surface area contributed by atoms with E-state index in [4.69, 9.17) is 23.2 Å². The van der Waals surface area contributed by atoms with Gasteiger partial charge in [-0.3, -0.25) is 4.79 Å². The summed E-state index contributed by atoms with van der Waals surface area (Å²) in [6, 6.07) is 11.6. The Morgan fingerprint density at radius 2 is 1.84 bits per heavy atom. The van der Waals surface area contributed by atoms with E-state index in [0.29, 0.717) is 31.9 Å². The van der Waals surface area contributed by atoms with Gasteiger partial charge < -0.3 is 5.32 Å². The maximum Gasteiger partial charge on any atom is 0.226 e. The fourth-order valence-corrected chi connectivity index (χ4v) is 3.85. The second-order valence-corrected chi connectivity index (χ2v) is 6.96. The van der Waals surface area contributed by atoms with Gasteiger partial charge in [-0.05, 0) is 18.2 Å². The van der Waals surface area contributed by atoms with Gasteiger partial charge in [-0.2, -0.15) is 0 Å². The number of carbonyl (C=O) groups excluding carboxylic acids is 1. The molecule has 1 N–H and O–H groups in total. The van der Waals surface area contributed by atoms with Crippen LogP contribution in [0.15, 0.2) is 47.8 Å². The molecule has 0 saturated carbocycles. The molecule has 0 aliphatic carbocycles. The van der Waals surface area contributed by atoms with Crippen LogP contribution >= 0.6 is 34.5 Å². The van der Waals surface area contributed by atoms with Crippen LogP contribution in [0.5, 0.6) is 0 Å². The normalized spacial score (nSPS) is 10.7. The summed E-state index contributed by atoms with van der Waals surface area (Å²) in [4.78, 5) is 16.5. The Kier molecular flexibility index (Phi) is 5.68. The number of thiazole rings is 1. The Balaban J connectivity index is 1.65. The van der Waals surface area contributed by atoms with Gasteiger partial charge in [0.05, 0.1) is 22.2 Å². The van der Waals surface area contributed by atoms with Crippen LogP contribution in [0.2, 0.25) is 10.0 Å². The summed E-state index contributed by atoms with van der Waals surface area (Å²) >= 11 is 13.7. The SMILES string of the molecule is O=C(Cc1csc(-c2c(Cl)cccc2Cl)n1)NCc1ccccc1F. The molecule has 25 heavy (non-hydrogen) atoms. The number of halogens is 3. The smallest absolute Gasteiger partial charge is 0.226 e. The number of nitrogens with zero attached hydrogens (tertiary/aromatic N) is 1. The van der Waals surface area contributed by atoms with Crippen molar-refractivity contribution < 1.29 is 9.18 Å². The largest absolute Gasteiger partial charge is 0.352 e. The minimum atomic E-state index is -0.341. The van der Waals surface area contributed by atoms with Crippen molar-refractivity contribution in [2.75, 3.05) is 0 Å². The molecule has 128 valence electrons. The van der Waals surface area contributed by atoms with E-state index < -0.39 is 0 Å². The van der Waals surface area contributed by atoms with Gasteiger partial charge in [-0.15, -0.1) is 11.3 Å². The Bertz CT molecular complexity index is 893. The van der Waals surface area contributed by atoms with Crippen molar-refractivity contribution in [1.82, 2.24) is 10.3 Å². The number of carbonyl (C=O) groups is 1. The third kappa shape index (κ3) is 4.37. The molecule has 0 saturated heterocycles. The molecule has 1 aromatic heterocycles. The summed E-state index contributed by atoms with van der Waals surface area (Å²) in [5.41, 5.74) is 1.72. The van der Waals surface area contributed by atoms with E-state index in [1.54, 1.807) is 41.8 Å². The molecule has 0 bridgehead atoms. The van der Waals surface area contributed by atoms with E-state index in [2.05, 4.69) is 10.3 Å². The molecular weight excluding hydrogens is 382 g/mol. The van der Waals surface area contributed by atoms with Crippen molar-refractivity contribution in [3.8, 4) is 10.6 Å². The van der Waals surface area contributed by atoms with E-state index in [9.17, 15) is 9.18 Å². The Labute approximate surface area is 158 Å². The molecule has 0 fully saturated rings. The summed E-state index contributed by atoms with van der Waals surface area (Å²) in [5, 5.41) is 6.17. The number of rotatable bonds is 5. The first-order valence-electron chi connectivity index (χ1n) is 7.43. The highest BCUT2D eigenvalue weighted by molar-refractivity contribution is 7.13. The molecule has 7 heteroatoms. The van der Waals surface area contributed by atoms with Crippen molar-refractivity contribution >= 4 is 40.4 Å². The predicted octanol–water partition coefficient (Wildman–Crippen LogP) is 5.11. The van der Waals surface area contributed by atoms with Gasteiger partial charge in [-0.25, -0.2) is 9.37 Å². The molecule has 0 aliphatic rings. The Morgan fingerprint density at radius 1 is 1.12 bits per heavy atom. The van der Waals surface area contributed by atoms with Crippen molar-refractivity contribution in [2.24, 2.45) is 0 Å². The van der Waals surface area contributed by atoms with E-state index in [1.807, 2.05) is 0 Å². The average Bonchev–Trinajstić information content (AvgIpc) is 3.02. The lowest BCUT2D eigenvalue weighted by molar-refractivity contribution is -0.120. The quantitative estimate of drug-likeness (QED) is 0.652. The fraction of sp³-hybridized carbons (Fsp3) is 0.111. The van der Waals surface area contributed by atoms with Crippen LogP contribution in [0.4, 0.5) is 4.39 Å². The van der Waals surface area contributed by atoms with Gasteiger partial charge in [0, 0.05) is 23.1 Å². The summed E-state index contributed by atoms with van der Waals surface area (Å²) in [6.07, 6.45) is 0.104. The molecule has 1 amide bonds. The number of amides is 1. The zero-order valence-electron chi connectivity index (χ0n) is 12.9. The van der Waals surface area contributed by atoms with Crippen molar-refractivity contribution in [3.63, 3.8) is 0 Å². The van der Waals surface area contributed by atoms with Gasteiger partial charge in [0.1, 0.15) is 10.8 Å². The maximum absolute atomic E-state index is 13.5. The molecular formula is C18H13Cl2FN2OS. The highest BCUT2D eigenvalue weighted by atomic mass is 35.5. The second kappa shape index (κ2) is 7.95. The first kappa shape index (κ1) is 17.9. The lowest BCUT2D eigenvalue weighted by atomic mass is 10.2. The van der Waals surface area contributed by atoms with Gasteiger partial charge in [0.2, 0.25) is 5.91 Å². The molecule has 0 radical (unpaired) electrons. The van der Waals surface area contributed by atoms with Crippen molar-refractivity contribution in [2.45, 2.75) is 13.0 Å². The molecule has 1 heterocycles. The maximum atomic E-state index is 13.5. The molecule has 3 nitrogen and oxygen atoms in total. The number of aromatic nitrogens is 1. The predicted molar refractivity (Wildman–Crippen MR) is 99.5 cm³/mol. The standard InChI is InChI=1S/C18H13Cl2FN2OS/c19-13-5-3-6-14(20)17(13)18-23-12(10-25-18)8-16(24)22-9-11-4-1-2-7-15(11)21/h1-7,10H,8-9H2,(H,22,24). The molecule has 0 unspecified atom stereocenters. The number of nitrogens with one attached hydrogen (secondary N) is 1. The third-order valence-corrected chi connectivity index (χ3v) is 5.04. The van der Waals surface area contributed by atoms with Gasteiger partial charge >= 0.3 is 0 Å². The number of hydrogen-bond donors (Lipinski definition) is 1. The van der Waals surface area contributed by atoms with Crippen LogP contribution in [0.25, 0.3) is 10.6 Å². The topological polar surface area (TPSA) is 42.0 Å². The van der Waals surface area contributed by atoms with Crippen LogP contribution in [0.3, 0.4) is 0 Å². The summed E-state index contributed by atoms with van der Waals surface area (Å²) in [6.45, 7) is 0.138. The first-order chi connectivity index (χ1) is 12.0. The van der Waals surface area contributed by atoms with E-state index in [0.717, 1.165) is 0 Å². The molecule has 0 aliphatic heterocycles. The van der Waals surface area contributed by atoms with Crippen LogP contribution in [-0.2, 0) is 17.8 Å². The van der Waals surface area contributed by atoms with E-state index in [-0.39, 0.29) is 24.7 Å². The number of hydrogen-bond acceptors (Lipinski definition) is 3. The average molecular weight is 395 g/mol. The van der Waals surface area contributed by atoms with Crippen molar-refractivity contribution in [1.29, 1.82) is 0 Å². The van der Waals surface area contributed by atoms with E-state index >= 15 is 0 Å². The summed E-state index contributed by atoms with van der Waals surface area (Å²) in [7, 11) is 0. The van der Waals surface area contributed by atoms with E-state index in [1.165, 1.54) is 17.4 Å². The van der Waals surface area contributed by atoms with Gasteiger partial charge in [-0.1, -0.05) is 47.5 Å². The molecule has 3 rings (SSSR count). The highest BCUT2D eigenvalue weighted by Gasteiger charge is 2.14. The zero-order valence-corrected chi connectivity index (χ0v) is 15.3. The molecule has 2 aromatic carbocycles. The minimum absolute atomic E-state index is 0.104. The molecule has 0 atom stereocenters. The molecule has 0 spiro atoms. The minimum Gasteiger partial charge on any atom is -0.352 e. The first-order valence-corrected chi connectivity index (χ1v) is 9.07. The van der Waals surface area contributed by atoms with Crippen LogP contribution < -0.4 is 5.32 Å². The fourth-order valence-electron chi connectivity index (χ4n) is 2.27. The number of benzene rings is 2. The van der Waals surface area contributed by atoms with Crippen LogP contribution in [-0.4, -0.2) is 10.9 Å². The zero-order chi connectivity index (χ0) is 17.8. The monoisotopic (exact) mass is 394 g/mol. The Morgan fingerprint density at radius 3 is 2.56 bits per heavy atom. The summed E-state index contributed by atoms with van der Waals surface area (Å²) in [5.74, 6) is -0.572. The van der Waals surface area contributed by atoms with Gasteiger partial charge in [0.15, 0.2) is 0 Å².